The van der Waals surface area contributed by atoms with Crippen LogP contribution in [0.15, 0.2) is 72.8 Å². The van der Waals surface area contributed by atoms with E-state index >= 15 is 0 Å². The summed E-state index contributed by atoms with van der Waals surface area (Å²) in [5.41, 5.74) is 1.60. The molecule has 1 aliphatic heterocycles. The molecule has 3 aromatic carbocycles. The van der Waals surface area contributed by atoms with E-state index in [4.69, 9.17) is 4.74 Å². The number of anilines is 1. The zero-order valence-electron chi connectivity index (χ0n) is 16.5. The van der Waals surface area contributed by atoms with Crippen molar-refractivity contribution in [3.63, 3.8) is 0 Å². The summed E-state index contributed by atoms with van der Waals surface area (Å²) in [7, 11) is 0. The van der Waals surface area contributed by atoms with Crippen LogP contribution in [0.1, 0.15) is 29.5 Å². The van der Waals surface area contributed by atoms with Crippen LogP contribution in [0.2, 0.25) is 0 Å². The Labute approximate surface area is 178 Å². The highest BCUT2D eigenvalue weighted by Gasteiger charge is 2.32. The van der Waals surface area contributed by atoms with Gasteiger partial charge in [-0.2, -0.15) is 0 Å². The van der Waals surface area contributed by atoms with Gasteiger partial charge in [0.25, 0.3) is 0 Å². The van der Waals surface area contributed by atoms with Gasteiger partial charge in [0, 0.05) is 12.1 Å². The molecule has 0 bridgehead atoms. The fourth-order valence-electron chi connectivity index (χ4n) is 3.58. The number of halogens is 2. The molecule has 158 valence electrons. The van der Waals surface area contributed by atoms with E-state index in [-0.39, 0.29) is 30.4 Å². The molecule has 0 aromatic heterocycles. The second-order valence-corrected chi connectivity index (χ2v) is 7.25. The summed E-state index contributed by atoms with van der Waals surface area (Å²) < 4.78 is 33.2. The Bertz CT molecular complexity index is 1100. The van der Waals surface area contributed by atoms with Crippen LogP contribution < -0.4 is 15.4 Å². The Morgan fingerprint density at radius 1 is 1.06 bits per heavy atom. The van der Waals surface area contributed by atoms with Gasteiger partial charge in [0.15, 0.2) is 11.6 Å². The lowest BCUT2D eigenvalue weighted by Gasteiger charge is -2.27. The van der Waals surface area contributed by atoms with Crippen LogP contribution in [0.3, 0.4) is 0 Å². The molecule has 2 atom stereocenters. The minimum Gasteiger partial charge on any atom is -0.488 e. The van der Waals surface area contributed by atoms with Crippen LogP contribution in [-0.2, 0) is 9.59 Å². The van der Waals surface area contributed by atoms with E-state index < -0.39 is 29.5 Å². The van der Waals surface area contributed by atoms with Crippen molar-refractivity contribution in [3.05, 3.63) is 95.6 Å². The fraction of sp³-hybridized carbons (Fsp3) is 0.167. The Kier molecular flexibility index (Phi) is 5.93. The van der Waals surface area contributed by atoms with E-state index in [0.29, 0.717) is 5.56 Å². The van der Waals surface area contributed by atoms with Gasteiger partial charge in [-0.25, -0.2) is 8.78 Å². The highest BCUT2D eigenvalue weighted by atomic mass is 19.1. The third-order valence-corrected chi connectivity index (χ3v) is 5.13. The van der Waals surface area contributed by atoms with Crippen molar-refractivity contribution >= 4 is 17.5 Å². The van der Waals surface area contributed by atoms with Crippen molar-refractivity contribution in [3.8, 4) is 5.75 Å². The van der Waals surface area contributed by atoms with Gasteiger partial charge < -0.3 is 15.4 Å². The number of para-hydroxylation sites is 1. The van der Waals surface area contributed by atoms with Gasteiger partial charge in [0.1, 0.15) is 12.4 Å². The van der Waals surface area contributed by atoms with Crippen molar-refractivity contribution in [1.29, 1.82) is 0 Å². The molecular weight excluding hydrogens is 402 g/mol. The number of fused-ring (bicyclic) bond motifs is 1. The summed E-state index contributed by atoms with van der Waals surface area (Å²) in [6.07, 6.45) is -0.0554. The average molecular weight is 422 g/mol. The SMILES string of the molecule is O=C1C[C@H](C(=O)N[C@@H](COc2ccccc2F)c2ccccc2)c2ccc(F)cc2N1. The van der Waals surface area contributed by atoms with Gasteiger partial charge in [-0.1, -0.05) is 48.5 Å². The quantitative estimate of drug-likeness (QED) is 0.622. The van der Waals surface area contributed by atoms with E-state index in [1.54, 1.807) is 12.1 Å². The first-order valence-electron chi connectivity index (χ1n) is 9.83. The highest BCUT2D eigenvalue weighted by molar-refractivity contribution is 6.01. The average Bonchev–Trinajstić information content (AvgIpc) is 2.77. The molecule has 1 aliphatic rings. The molecule has 2 amide bonds. The molecule has 0 saturated carbocycles. The molecule has 31 heavy (non-hydrogen) atoms. The van der Waals surface area contributed by atoms with Crippen LogP contribution >= 0.6 is 0 Å². The fourth-order valence-corrected chi connectivity index (χ4v) is 3.58. The minimum atomic E-state index is -0.774. The van der Waals surface area contributed by atoms with Gasteiger partial charge in [-0.05, 0) is 35.4 Å². The van der Waals surface area contributed by atoms with E-state index in [9.17, 15) is 18.4 Å². The number of ether oxygens (including phenoxy) is 1. The summed E-state index contributed by atoms with van der Waals surface area (Å²) in [6, 6.07) is 18.5. The van der Waals surface area contributed by atoms with Crippen molar-refractivity contribution in [2.75, 3.05) is 11.9 Å². The molecule has 0 radical (unpaired) electrons. The first-order valence-corrected chi connectivity index (χ1v) is 9.83. The third-order valence-electron chi connectivity index (χ3n) is 5.13. The minimum absolute atomic E-state index is 0.00806. The predicted molar refractivity (Wildman–Crippen MR) is 112 cm³/mol. The van der Waals surface area contributed by atoms with Crippen LogP contribution in [0.5, 0.6) is 5.75 Å². The number of amides is 2. The first kappa shape index (κ1) is 20.5. The number of carbonyl (C=O) groups is 2. The van der Waals surface area contributed by atoms with Crippen LogP contribution in [0, 0.1) is 11.6 Å². The summed E-state index contributed by atoms with van der Waals surface area (Å²) in [5.74, 6) is -2.45. The monoisotopic (exact) mass is 422 g/mol. The second-order valence-electron chi connectivity index (χ2n) is 7.25. The maximum Gasteiger partial charge on any atom is 0.228 e. The molecule has 2 N–H and O–H groups in total. The first-order chi connectivity index (χ1) is 15.0. The lowest BCUT2D eigenvalue weighted by molar-refractivity contribution is -0.127. The van der Waals surface area contributed by atoms with E-state index in [1.807, 2.05) is 30.3 Å². The van der Waals surface area contributed by atoms with Crippen molar-refractivity contribution in [2.24, 2.45) is 0 Å². The van der Waals surface area contributed by atoms with E-state index in [2.05, 4.69) is 10.6 Å². The Morgan fingerprint density at radius 2 is 1.81 bits per heavy atom. The number of carbonyl (C=O) groups excluding carboxylic acids is 2. The van der Waals surface area contributed by atoms with Crippen molar-refractivity contribution in [1.82, 2.24) is 5.32 Å². The largest absolute Gasteiger partial charge is 0.488 e. The van der Waals surface area contributed by atoms with Gasteiger partial charge >= 0.3 is 0 Å². The van der Waals surface area contributed by atoms with Gasteiger partial charge in [-0.3, -0.25) is 9.59 Å². The molecule has 0 unspecified atom stereocenters. The molecule has 1 heterocycles. The topological polar surface area (TPSA) is 67.4 Å². The molecule has 7 heteroatoms. The second kappa shape index (κ2) is 8.95. The Morgan fingerprint density at radius 3 is 2.58 bits per heavy atom. The van der Waals surface area contributed by atoms with Gasteiger partial charge in [0.05, 0.1) is 12.0 Å². The predicted octanol–water partition coefficient (Wildman–Crippen LogP) is 4.33. The maximum absolute atomic E-state index is 13.9. The smallest absolute Gasteiger partial charge is 0.228 e. The number of nitrogens with one attached hydrogen (secondary N) is 2. The summed E-state index contributed by atoms with van der Waals surface area (Å²) in [6.45, 7) is -0.00806. The lowest BCUT2D eigenvalue weighted by Crippen LogP contribution is -2.39. The summed E-state index contributed by atoms with van der Waals surface area (Å²) in [5, 5.41) is 5.51. The van der Waals surface area contributed by atoms with Gasteiger partial charge in [-0.15, -0.1) is 0 Å². The third kappa shape index (κ3) is 4.71. The van der Waals surface area contributed by atoms with Gasteiger partial charge in [0.2, 0.25) is 11.8 Å². The zero-order valence-corrected chi connectivity index (χ0v) is 16.5. The molecule has 0 spiro atoms. The molecule has 0 aliphatic carbocycles. The van der Waals surface area contributed by atoms with E-state index in [0.717, 1.165) is 5.56 Å². The standard InChI is InChI=1S/C24H20F2N2O3/c25-16-10-11-17-18(13-23(29)27-20(17)12-16)24(30)28-21(15-6-2-1-3-7-15)14-31-22-9-5-4-8-19(22)26/h1-12,18,21H,13-14H2,(H,27,29)(H,28,30)/t18-,21-/m0/s1. The van der Waals surface area contributed by atoms with Crippen LogP contribution in [-0.4, -0.2) is 18.4 Å². The summed E-state index contributed by atoms with van der Waals surface area (Å²) >= 11 is 0. The number of benzene rings is 3. The lowest BCUT2D eigenvalue weighted by atomic mass is 9.89. The van der Waals surface area contributed by atoms with Crippen molar-refractivity contribution < 1.29 is 23.1 Å². The molecule has 4 rings (SSSR count). The molecule has 5 nitrogen and oxygen atoms in total. The normalized spacial score (nSPS) is 16.1. The molecule has 3 aromatic rings. The Hall–Kier alpha value is -3.74. The highest BCUT2D eigenvalue weighted by Crippen LogP contribution is 2.33. The maximum atomic E-state index is 13.9. The Balaban J connectivity index is 1.56. The van der Waals surface area contributed by atoms with Crippen molar-refractivity contribution in [2.45, 2.75) is 18.4 Å². The van der Waals surface area contributed by atoms with Crippen LogP contribution in [0.25, 0.3) is 0 Å². The van der Waals surface area contributed by atoms with Crippen LogP contribution in [0.4, 0.5) is 14.5 Å². The summed E-state index contributed by atoms with van der Waals surface area (Å²) in [4.78, 5) is 25.2. The molecular formula is C24H20F2N2O3. The zero-order chi connectivity index (χ0) is 21.8. The van der Waals surface area contributed by atoms with E-state index in [1.165, 1.54) is 30.3 Å². The number of rotatable bonds is 6. The number of hydrogen-bond donors (Lipinski definition) is 2. The number of hydrogen-bond acceptors (Lipinski definition) is 3. The molecule has 0 saturated heterocycles. The molecule has 0 fully saturated rings.